The van der Waals surface area contributed by atoms with Crippen molar-refractivity contribution in [3.05, 3.63) is 82.9 Å². The molecule has 4 heterocycles. The number of nitrogen functional groups attached to an aromatic ring is 1. The summed E-state index contributed by atoms with van der Waals surface area (Å²) in [6.07, 6.45) is 3.29. The van der Waals surface area contributed by atoms with Crippen LogP contribution in [0.1, 0.15) is 47.9 Å². The molecule has 3 atom stereocenters. The smallest absolute Gasteiger partial charge is 0.247 e. The second kappa shape index (κ2) is 8.85. The average molecular weight is 511 g/mol. The van der Waals surface area contributed by atoms with Gasteiger partial charge < -0.3 is 30.7 Å². The van der Waals surface area contributed by atoms with Crippen LogP contribution in [0.15, 0.2) is 60.7 Å². The Morgan fingerprint density at radius 3 is 2.63 bits per heavy atom. The number of ether oxygens (including phenoxy) is 2. The van der Waals surface area contributed by atoms with E-state index in [4.69, 9.17) is 15.2 Å². The van der Waals surface area contributed by atoms with Crippen molar-refractivity contribution in [2.75, 3.05) is 24.1 Å². The summed E-state index contributed by atoms with van der Waals surface area (Å²) < 4.78 is 12.9. The highest BCUT2D eigenvalue weighted by molar-refractivity contribution is 5.98. The van der Waals surface area contributed by atoms with E-state index in [0.29, 0.717) is 42.4 Å². The zero-order valence-corrected chi connectivity index (χ0v) is 21.0. The van der Waals surface area contributed by atoms with Crippen molar-refractivity contribution < 1.29 is 19.1 Å². The van der Waals surface area contributed by atoms with E-state index >= 15 is 0 Å². The van der Waals surface area contributed by atoms with Gasteiger partial charge >= 0.3 is 0 Å². The molecule has 4 N–H and O–H groups in total. The first kappa shape index (κ1) is 23.3. The number of nitrogens with two attached hydrogens (primary N) is 1. The van der Waals surface area contributed by atoms with E-state index in [0.717, 1.165) is 48.1 Å². The summed E-state index contributed by atoms with van der Waals surface area (Å²) in [4.78, 5) is 28.1. The summed E-state index contributed by atoms with van der Waals surface area (Å²) in [6, 6.07) is 18.9. The Morgan fingerprint density at radius 1 is 0.974 bits per heavy atom. The molecule has 38 heavy (non-hydrogen) atoms. The Kier molecular flexibility index (Phi) is 5.42. The first-order valence-corrected chi connectivity index (χ1v) is 13.3. The lowest BCUT2D eigenvalue weighted by Gasteiger charge is -2.37. The lowest BCUT2D eigenvalue weighted by atomic mass is 9.77. The van der Waals surface area contributed by atoms with Gasteiger partial charge in [-0.25, -0.2) is 0 Å². The predicted octanol–water partition coefficient (Wildman–Crippen LogP) is 3.88. The number of carbonyl (C=O) groups excluding carboxylic acids is 2. The van der Waals surface area contributed by atoms with E-state index in [1.54, 1.807) is 4.90 Å². The molecule has 0 radical (unpaired) electrons. The number of benzene rings is 3. The fourth-order valence-electron chi connectivity index (χ4n) is 6.48. The van der Waals surface area contributed by atoms with E-state index in [1.165, 1.54) is 0 Å². The van der Waals surface area contributed by atoms with Gasteiger partial charge in [0.05, 0.1) is 12.6 Å². The van der Waals surface area contributed by atoms with Gasteiger partial charge in [0.2, 0.25) is 11.8 Å². The maximum atomic E-state index is 13.4. The van der Waals surface area contributed by atoms with E-state index in [1.807, 2.05) is 48.5 Å². The summed E-state index contributed by atoms with van der Waals surface area (Å²) >= 11 is 0. The topological polar surface area (TPSA) is 106 Å². The van der Waals surface area contributed by atoms with Crippen LogP contribution < -0.4 is 21.1 Å². The lowest BCUT2D eigenvalue weighted by Crippen LogP contribution is -2.49. The number of hydrogen-bond acceptors (Lipinski definition) is 6. The second-order valence-electron chi connectivity index (χ2n) is 10.5. The maximum absolute atomic E-state index is 13.4. The summed E-state index contributed by atoms with van der Waals surface area (Å²) in [7, 11) is 0. The second-order valence-corrected chi connectivity index (χ2v) is 10.5. The van der Waals surface area contributed by atoms with Crippen molar-refractivity contribution in [2.45, 2.75) is 50.0 Å². The number of nitrogens with one attached hydrogen (secondary N) is 2. The molecule has 8 nitrogen and oxygen atoms in total. The van der Waals surface area contributed by atoms with Gasteiger partial charge in [-0.05, 0) is 67.6 Å². The summed E-state index contributed by atoms with van der Waals surface area (Å²) in [6.45, 7) is 1.94. The first-order valence-electron chi connectivity index (χ1n) is 13.3. The van der Waals surface area contributed by atoms with Crippen molar-refractivity contribution in [1.29, 1.82) is 0 Å². The van der Waals surface area contributed by atoms with Crippen LogP contribution in [0.4, 0.5) is 11.4 Å². The van der Waals surface area contributed by atoms with Gasteiger partial charge in [-0.3, -0.25) is 9.59 Å². The maximum Gasteiger partial charge on any atom is 0.247 e. The molecule has 1 spiro atoms. The number of carbonyl (C=O) groups is 2. The van der Waals surface area contributed by atoms with Crippen LogP contribution in [-0.4, -0.2) is 41.9 Å². The van der Waals surface area contributed by atoms with Crippen molar-refractivity contribution in [2.24, 2.45) is 0 Å². The Balaban J connectivity index is 1.21. The zero-order valence-electron chi connectivity index (χ0n) is 21.0. The molecule has 2 unspecified atom stereocenters. The van der Waals surface area contributed by atoms with Gasteiger partial charge in [0.15, 0.2) is 5.60 Å². The monoisotopic (exact) mass is 510 g/mol. The van der Waals surface area contributed by atoms with E-state index < -0.39 is 11.6 Å². The Labute approximate surface area is 221 Å². The van der Waals surface area contributed by atoms with Crippen molar-refractivity contribution >= 4 is 23.2 Å². The van der Waals surface area contributed by atoms with Crippen molar-refractivity contribution in [3.63, 3.8) is 0 Å². The highest BCUT2D eigenvalue weighted by Crippen LogP contribution is 2.56. The van der Waals surface area contributed by atoms with E-state index in [-0.39, 0.29) is 17.9 Å². The first-order chi connectivity index (χ1) is 18.5. The van der Waals surface area contributed by atoms with Gasteiger partial charge in [-0.15, -0.1) is 0 Å². The largest absolute Gasteiger partial charge is 0.456 e. The van der Waals surface area contributed by atoms with Crippen molar-refractivity contribution in [3.8, 4) is 11.5 Å². The molecule has 4 aliphatic heterocycles. The highest BCUT2D eigenvalue weighted by atomic mass is 16.5. The van der Waals surface area contributed by atoms with Crippen molar-refractivity contribution in [1.82, 2.24) is 10.2 Å². The molecule has 0 bridgehead atoms. The normalized spacial score (nSPS) is 25.0. The van der Waals surface area contributed by atoms with Crippen LogP contribution >= 0.6 is 0 Å². The Morgan fingerprint density at radius 2 is 1.79 bits per heavy atom. The summed E-state index contributed by atoms with van der Waals surface area (Å²) in [5, 5.41) is 6.30. The zero-order chi connectivity index (χ0) is 25.9. The van der Waals surface area contributed by atoms with Crippen LogP contribution in [0.5, 0.6) is 11.5 Å². The minimum Gasteiger partial charge on any atom is -0.456 e. The van der Waals surface area contributed by atoms with Crippen LogP contribution in [0.2, 0.25) is 0 Å². The minimum atomic E-state index is -0.821. The van der Waals surface area contributed by atoms with E-state index in [9.17, 15) is 9.59 Å². The molecule has 0 saturated carbocycles. The van der Waals surface area contributed by atoms with Gasteiger partial charge in [-0.2, -0.15) is 0 Å². The highest BCUT2D eigenvalue weighted by Gasteiger charge is 2.49. The molecule has 0 aromatic heterocycles. The third-order valence-corrected chi connectivity index (χ3v) is 8.27. The standard InChI is InChI=1S/C30H30N4O4/c31-19-9-11-22-26(15-19)38-27-16-20(10-12-23(27)30(22)21-6-2-1-5-18(21)17-37-30)33-28(35)25-8-4-14-34(25)29(36)24-7-3-13-32-24/h1-2,5-6,9-12,15-16,24-25,32H,3-4,7-8,13-14,17,31H2,(H,33,35)/t24?,25-,30?/m0/s1. The van der Waals surface area contributed by atoms with Gasteiger partial charge in [0.25, 0.3) is 0 Å². The summed E-state index contributed by atoms with van der Waals surface area (Å²) in [5.41, 5.74) is 10.5. The number of rotatable bonds is 3. The number of likely N-dealkylation sites (tertiary alicyclic amines) is 1. The van der Waals surface area contributed by atoms with E-state index in [2.05, 4.69) is 22.8 Å². The quantitative estimate of drug-likeness (QED) is 0.462. The number of fused-ring (bicyclic) bond motifs is 6. The fraction of sp³-hybridized carbons (Fsp3) is 0.333. The fourth-order valence-corrected chi connectivity index (χ4v) is 6.48. The van der Waals surface area contributed by atoms with Gasteiger partial charge in [0.1, 0.15) is 17.5 Å². The third kappa shape index (κ3) is 3.51. The molecule has 2 fully saturated rings. The van der Waals surface area contributed by atoms with Crippen LogP contribution in [-0.2, 0) is 26.5 Å². The SMILES string of the molecule is Nc1ccc2c(c1)Oc1cc(NC(=O)[C@@H]3CCCN3C(=O)C3CCCN3)ccc1C21OCc2ccccc21. The summed E-state index contributed by atoms with van der Waals surface area (Å²) in [5.74, 6) is 1.09. The molecule has 0 aliphatic carbocycles. The molecule has 8 heteroatoms. The Hall–Kier alpha value is -3.88. The Bertz CT molecular complexity index is 1450. The molecule has 3 aromatic carbocycles. The molecular weight excluding hydrogens is 480 g/mol. The number of hydrogen-bond donors (Lipinski definition) is 3. The average Bonchev–Trinajstić information content (AvgIpc) is 3.69. The molecule has 2 saturated heterocycles. The molecule has 194 valence electrons. The molecule has 2 amide bonds. The minimum absolute atomic E-state index is 0.0297. The lowest BCUT2D eigenvalue weighted by molar-refractivity contribution is -0.138. The predicted molar refractivity (Wildman–Crippen MR) is 143 cm³/mol. The molecule has 7 rings (SSSR count). The molecule has 4 aliphatic rings. The molecule has 3 aromatic rings. The molecular formula is C30H30N4O4. The van der Waals surface area contributed by atoms with Gasteiger partial charge in [-0.1, -0.05) is 24.3 Å². The van der Waals surface area contributed by atoms with Crippen LogP contribution in [0.25, 0.3) is 0 Å². The van der Waals surface area contributed by atoms with Gasteiger partial charge in [0, 0.05) is 41.2 Å². The third-order valence-electron chi connectivity index (χ3n) is 8.27. The van der Waals surface area contributed by atoms with Crippen LogP contribution in [0, 0.1) is 0 Å². The number of anilines is 2. The number of amides is 2. The van der Waals surface area contributed by atoms with Crippen LogP contribution in [0.3, 0.4) is 0 Å². The number of nitrogens with zero attached hydrogens (tertiary/aromatic N) is 1.